The van der Waals surface area contributed by atoms with Crippen molar-refractivity contribution in [2.75, 3.05) is 25.0 Å². The molecule has 14 heavy (non-hydrogen) atoms. The molecule has 0 spiro atoms. The smallest absolute Gasteiger partial charge is 0.202 e. The first-order chi connectivity index (χ1) is 6.56. The molecule has 1 saturated heterocycles. The van der Waals surface area contributed by atoms with Gasteiger partial charge in [-0.2, -0.15) is 12.7 Å². The maximum absolute atomic E-state index is 11.7. The SMILES string of the molecule is CC(CBr)CNS(=O)(=O)N1CCCC1. The van der Waals surface area contributed by atoms with Crippen LogP contribution in [-0.2, 0) is 10.2 Å². The van der Waals surface area contributed by atoms with Crippen LogP contribution in [0.1, 0.15) is 19.8 Å². The third-order valence-corrected chi connectivity index (χ3v) is 4.96. The Balaban J connectivity index is 2.41. The standard InChI is InChI=1S/C8H17BrN2O2S/c1-8(6-9)7-10-14(12,13)11-4-2-3-5-11/h8,10H,2-7H2,1H3. The summed E-state index contributed by atoms with van der Waals surface area (Å²) in [6.45, 7) is 3.83. The Morgan fingerprint density at radius 2 is 2.00 bits per heavy atom. The minimum absolute atomic E-state index is 0.326. The average molecular weight is 285 g/mol. The highest BCUT2D eigenvalue weighted by atomic mass is 79.9. The van der Waals surface area contributed by atoms with Gasteiger partial charge in [-0.25, -0.2) is 4.72 Å². The molecular formula is C8H17BrN2O2S. The molecule has 1 heterocycles. The fourth-order valence-corrected chi connectivity index (χ4v) is 2.97. The second-order valence-corrected chi connectivity index (χ2v) is 6.12. The lowest BCUT2D eigenvalue weighted by Crippen LogP contribution is -2.40. The molecule has 1 aliphatic rings. The van der Waals surface area contributed by atoms with Crippen LogP contribution in [0.5, 0.6) is 0 Å². The van der Waals surface area contributed by atoms with Gasteiger partial charge in [-0.3, -0.25) is 0 Å². The van der Waals surface area contributed by atoms with Gasteiger partial charge in [0.05, 0.1) is 0 Å². The van der Waals surface area contributed by atoms with Crippen LogP contribution >= 0.6 is 15.9 Å². The average Bonchev–Trinajstić information content (AvgIpc) is 2.67. The molecule has 0 aromatic rings. The zero-order valence-corrected chi connectivity index (χ0v) is 10.8. The van der Waals surface area contributed by atoms with Crippen LogP contribution in [0.15, 0.2) is 0 Å². The minimum Gasteiger partial charge on any atom is -0.202 e. The Kier molecular flexibility index (Phi) is 4.82. The van der Waals surface area contributed by atoms with Gasteiger partial charge >= 0.3 is 0 Å². The van der Waals surface area contributed by atoms with Gasteiger partial charge in [0.2, 0.25) is 0 Å². The van der Waals surface area contributed by atoms with E-state index in [1.807, 2.05) is 6.92 Å². The summed E-state index contributed by atoms with van der Waals surface area (Å²) in [5, 5.41) is 0.815. The first kappa shape index (κ1) is 12.4. The van der Waals surface area contributed by atoms with E-state index >= 15 is 0 Å². The number of alkyl halides is 1. The number of nitrogens with one attached hydrogen (secondary N) is 1. The van der Waals surface area contributed by atoms with Gasteiger partial charge < -0.3 is 0 Å². The lowest BCUT2D eigenvalue weighted by molar-refractivity contribution is 0.459. The molecule has 0 aromatic carbocycles. The van der Waals surface area contributed by atoms with Crippen molar-refractivity contribution in [2.45, 2.75) is 19.8 Å². The van der Waals surface area contributed by atoms with Crippen molar-refractivity contribution < 1.29 is 8.42 Å². The highest BCUT2D eigenvalue weighted by molar-refractivity contribution is 9.09. The third kappa shape index (κ3) is 3.49. The Hall–Kier alpha value is 0.350. The third-order valence-electron chi connectivity index (χ3n) is 2.28. The highest BCUT2D eigenvalue weighted by Gasteiger charge is 2.24. The van der Waals surface area contributed by atoms with Crippen LogP contribution in [0.2, 0.25) is 0 Å². The van der Waals surface area contributed by atoms with Crippen molar-refractivity contribution in [3.05, 3.63) is 0 Å². The molecule has 1 unspecified atom stereocenters. The fourth-order valence-electron chi connectivity index (χ4n) is 1.32. The summed E-state index contributed by atoms with van der Waals surface area (Å²) >= 11 is 3.32. The van der Waals surface area contributed by atoms with Crippen molar-refractivity contribution in [3.63, 3.8) is 0 Å². The molecule has 4 nitrogen and oxygen atoms in total. The molecule has 1 atom stereocenters. The monoisotopic (exact) mass is 284 g/mol. The van der Waals surface area contributed by atoms with Gasteiger partial charge in [0.25, 0.3) is 10.2 Å². The largest absolute Gasteiger partial charge is 0.279 e. The van der Waals surface area contributed by atoms with E-state index in [1.54, 1.807) is 0 Å². The fraction of sp³-hybridized carbons (Fsp3) is 1.00. The van der Waals surface area contributed by atoms with E-state index in [4.69, 9.17) is 0 Å². The van der Waals surface area contributed by atoms with E-state index < -0.39 is 10.2 Å². The number of hydrogen-bond donors (Lipinski definition) is 1. The van der Waals surface area contributed by atoms with Crippen LogP contribution in [0.3, 0.4) is 0 Å². The summed E-state index contributed by atoms with van der Waals surface area (Å²) in [4.78, 5) is 0. The predicted molar refractivity (Wildman–Crippen MR) is 60.7 cm³/mol. The van der Waals surface area contributed by atoms with E-state index in [2.05, 4.69) is 20.7 Å². The van der Waals surface area contributed by atoms with Gasteiger partial charge in [-0.05, 0) is 18.8 Å². The van der Waals surface area contributed by atoms with Crippen LogP contribution in [0, 0.1) is 5.92 Å². The van der Waals surface area contributed by atoms with Crippen molar-refractivity contribution in [1.82, 2.24) is 9.03 Å². The molecule has 1 aliphatic heterocycles. The molecular weight excluding hydrogens is 268 g/mol. The summed E-state index contributed by atoms with van der Waals surface area (Å²) in [5.41, 5.74) is 0. The molecule has 0 aliphatic carbocycles. The molecule has 1 rings (SSSR count). The number of nitrogens with zero attached hydrogens (tertiary/aromatic N) is 1. The molecule has 0 radical (unpaired) electrons. The van der Waals surface area contributed by atoms with Gasteiger partial charge in [0.15, 0.2) is 0 Å². The number of rotatable bonds is 5. The van der Waals surface area contributed by atoms with Crippen LogP contribution in [0.4, 0.5) is 0 Å². The Morgan fingerprint density at radius 1 is 1.43 bits per heavy atom. The predicted octanol–water partition coefficient (Wildman–Crippen LogP) is 0.948. The molecule has 1 fully saturated rings. The van der Waals surface area contributed by atoms with Crippen molar-refractivity contribution in [2.24, 2.45) is 5.92 Å². The van der Waals surface area contributed by atoms with Crippen LogP contribution in [0.25, 0.3) is 0 Å². The van der Waals surface area contributed by atoms with E-state index in [9.17, 15) is 8.42 Å². The summed E-state index contributed by atoms with van der Waals surface area (Å²) < 4.78 is 27.4. The zero-order chi connectivity index (χ0) is 10.6. The molecule has 0 aromatic heterocycles. The van der Waals surface area contributed by atoms with Crippen LogP contribution < -0.4 is 4.72 Å². The molecule has 84 valence electrons. The first-order valence-corrected chi connectivity index (χ1v) is 7.43. The first-order valence-electron chi connectivity index (χ1n) is 4.87. The van der Waals surface area contributed by atoms with Crippen molar-refractivity contribution in [1.29, 1.82) is 0 Å². The molecule has 6 heteroatoms. The zero-order valence-electron chi connectivity index (χ0n) is 8.37. The molecule has 0 amide bonds. The van der Waals surface area contributed by atoms with E-state index in [1.165, 1.54) is 4.31 Å². The van der Waals surface area contributed by atoms with Crippen molar-refractivity contribution >= 4 is 26.1 Å². The topological polar surface area (TPSA) is 49.4 Å². The van der Waals surface area contributed by atoms with E-state index in [0.29, 0.717) is 25.6 Å². The quantitative estimate of drug-likeness (QED) is 0.765. The Morgan fingerprint density at radius 3 is 2.50 bits per heavy atom. The Labute approximate surface area is 94.4 Å². The molecule has 0 saturated carbocycles. The summed E-state index contributed by atoms with van der Waals surface area (Å²) in [6.07, 6.45) is 1.96. The second-order valence-electron chi connectivity index (χ2n) is 3.72. The van der Waals surface area contributed by atoms with E-state index in [-0.39, 0.29) is 0 Å². The maximum atomic E-state index is 11.7. The lowest BCUT2D eigenvalue weighted by Gasteiger charge is -2.17. The summed E-state index contributed by atoms with van der Waals surface area (Å²) in [6, 6.07) is 0. The van der Waals surface area contributed by atoms with Gasteiger partial charge in [-0.15, -0.1) is 0 Å². The minimum atomic E-state index is -3.20. The van der Waals surface area contributed by atoms with Gasteiger partial charge in [0.1, 0.15) is 0 Å². The number of hydrogen-bond acceptors (Lipinski definition) is 2. The van der Waals surface area contributed by atoms with Gasteiger partial charge in [0, 0.05) is 25.0 Å². The lowest BCUT2D eigenvalue weighted by atomic mass is 10.2. The normalized spacial score (nSPS) is 21.3. The second kappa shape index (κ2) is 5.44. The van der Waals surface area contributed by atoms with Gasteiger partial charge in [-0.1, -0.05) is 22.9 Å². The molecule has 1 N–H and O–H groups in total. The summed E-state index contributed by atoms with van der Waals surface area (Å²) in [7, 11) is -3.20. The maximum Gasteiger partial charge on any atom is 0.279 e. The Bertz CT molecular complexity index is 263. The number of halogens is 1. The highest BCUT2D eigenvalue weighted by Crippen LogP contribution is 2.11. The summed E-state index contributed by atoms with van der Waals surface area (Å²) in [5.74, 6) is 0.326. The van der Waals surface area contributed by atoms with Crippen molar-refractivity contribution in [3.8, 4) is 0 Å². The van der Waals surface area contributed by atoms with Crippen LogP contribution in [-0.4, -0.2) is 37.7 Å². The van der Waals surface area contributed by atoms with E-state index in [0.717, 1.165) is 18.2 Å². The molecule has 0 bridgehead atoms.